The van der Waals surface area contributed by atoms with Gasteiger partial charge in [0.05, 0.1) is 13.2 Å². The van der Waals surface area contributed by atoms with Crippen LogP contribution in [-0.4, -0.2) is 48.8 Å². The molecule has 5 heteroatoms. The Kier molecular flexibility index (Phi) is 5.00. The van der Waals surface area contributed by atoms with Crippen molar-refractivity contribution in [2.75, 3.05) is 37.7 Å². The van der Waals surface area contributed by atoms with Crippen LogP contribution in [0.3, 0.4) is 0 Å². The van der Waals surface area contributed by atoms with Crippen molar-refractivity contribution >= 4 is 16.6 Å². The minimum atomic E-state index is 0.184. The summed E-state index contributed by atoms with van der Waals surface area (Å²) in [6.07, 6.45) is 3.76. The normalized spacial score (nSPS) is 22.1. The fraction of sp³-hybridized carbons (Fsp3) is 0.571. The number of benzene rings is 1. The summed E-state index contributed by atoms with van der Waals surface area (Å²) in [4.78, 5) is 21.5. The summed E-state index contributed by atoms with van der Waals surface area (Å²) < 4.78 is 5.45. The monoisotopic (exact) mass is 355 g/mol. The van der Waals surface area contributed by atoms with Gasteiger partial charge in [0.25, 0.3) is 0 Å². The summed E-state index contributed by atoms with van der Waals surface area (Å²) >= 11 is 0. The number of nitrogens with zero attached hydrogens (tertiary/aromatic N) is 2. The first kappa shape index (κ1) is 17.6. The Morgan fingerprint density at radius 2 is 2.00 bits per heavy atom. The van der Waals surface area contributed by atoms with Gasteiger partial charge in [-0.15, -0.1) is 0 Å². The highest BCUT2D eigenvalue weighted by molar-refractivity contribution is 5.83. The Morgan fingerprint density at radius 1 is 1.19 bits per heavy atom. The molecular weight excluding hydrogens is 326 g/mol. The van der Waals surface area contributed by atoms with Crippen molar-refractivity contribution in [2.45, 2.75) is 45.7 Å². The van der Waals surface area contributed by atoms with E-state index >= 15 is 0 Å². The summed E-state index contributed by atoms with van der Waals surface area (Å²) in [5.74, 6) is 0. The van der Waals surface area contributed by atoms with Crippen LogP contribution < -0.4 is 10.3 Å². The Hall–Kier alpha value is -1.85. The van der Waals surface area contributed by atoms with Gasteiger partial charge in [-0.25, -0.2) is 0 Å². The maximum absolute atomic E-state index is 13.3. The van der Waals surface area contributed by atoms with Gasteiger partial charge in [-0.3, -0.25) is 9.69 Å². The van der Waals surface area contributed by atoms with Gasteiger partial charge in [0.1, 0.15) is 0 Å². The number of morpholine rings is 1. The number of piperidine rings is 1. The Labute approximate surface area is 154 Å². The van der Waals surface area contributed by atoms with E-state index in [-0.39, 0.29) is 5.43 Å². The Bertz CT molecular complexity index is 839. The van der Waals surface area contributed by atoms with E-state index in [4.69, 9.17) is 4.74 Å². The van der Waals surface area contributed by atoms with Crippen LogP contribution in [-0.2, 0) is 11.3 Å². The lowest BCUT2D eigenvalue weighted by Crippen LogP contribution is -2.38. The van der Waals surface area contributed by atoms with Crippen LogP contribution in [0.25, 0.3) is 10.9 Å². The predicted octanol–water partition coefficient (Wildman–Crippen LogP) is 3.05. The highest BCUT2D eigenvalue weighted by Gasteiger charge is 2.21. The maximum atomic E-state index is 13.3. The van der Waals surface area contributed by atoms with Crippen molar-refractivity contribution in [1.29, 1.82) is 0 Å². The molecule has 5 nitrogen and oxygen atoms in total. The highest BCUT2D eigenvalue weighted by atomic mass is 16.5. The number of pyridine rings is 1. The molecule has 0 amide bonds. The summed E-state index contributed by atoms with van der Waals surface area (Å²) in [6.45, 7) is 9.41. The van der Waals surface area contributed by atoms with E-state index in [1.54, 1.807) is 0 Å². The molecule has 2 aromatic rings. The largest absolute Gasteiger partial charge is 0.378 e. The van der Waals surface area contributed by atoms with Crippen LogP contribution in [0, 0.1) is 6.92 Å². The molecule has 2 aliphatic heterocycles. The van der Waals surface area contributed by atoms with Crippen LogP contribution >= 0.6 is 0 Å². The van der Waals surface area contributed by atoms with Crippen LogP contribution in [0.15, 0.2) is 23.0 Å². The van der Waals surface area contributed by atoms with E-state index in [0.717, 1.165) is 67.2 Å². The average Bonchev–Trinajstić information content (AvgIpc) is 2.67. The maximum Gasteiger partial charge on any atom is 0.194 e. The molecule has 1 aromatic heterocycles. The van der Waals surface area contributed by atoms with E-state index in [9.17, 15) is 4.79 Å². The topological polar surface area (TPSA) is 48.6 Å². The second kappa shape index (κ2) is 7.41. The quantitative estimate of drug-likeness (QED) is 0.919. The summed E-state index contributed by atoms with van der Waals surface area (Å²) in [6, 6.07) is 6.76. The lowest BCUT2D eigenvalue weighted by atomic mass is 10.0. The molecular formula is C21H29N3O2. The van der Waals surface area contributed by atoms with Gasteiger partial charge >= 0.3 is 0 Å². The first-order chi connectivity index (χ1) is 12.6. The van der Waals surface area contributed by atoms with E-state index < -0.39 is 0 Å². The highest BCUT2D eigenvalue weighted by Crippen LogP contribution is 2.23. The number of ether oxygens (including phenoxy) is 1. The number of H-pyrrole nitrogens is 1. The number of anilines is 1. The van der Waals surface area contributed by atoms with Gasteiger partial charge < -0.3 is 14.6 Å². The molecule has 3 heterocycles. The van der Waals surface area contributed by atoms with Crippen LogP contribution in [0.2, 0.25) is 0 Å². The third kappa shape index (κ3) is 3.38. The summed E-state index contributed by atoms with van der Waals surface area (Å²) in [7, 11) is 0. The number of nitrogens with one attached hydrogen (secondary N) is 1. The van der Waals surface area contributed by atoms with Gasteiger partial charge in [0.2, 0.25) is 0 Å². The number of hydrogen-bond donors (Lipinski definition) is 1. The smallest absolute Gasteiger partial charge is 0.194 e. The molecule has 1 N–H and O–H groups in total. The van der Waals surface area contributed by atoms with Crippen molar-refractivity contribution in [2.24, 2.45) is 0 Å². The molecule has 0 radical (unpaired) electrons. The van der Waals surface area contributed by atoms with Crippen LogP contribution in [0.4, 0.5) is 5.69 Å². The number of likely N-dealkylation sites (tertiary alicyclic amines) is 1. The Balaban J connectivity index is 1.70. The van der Waals surface area contributed by atoms with E-state index in [1.807, 2.05) is 13.0 Å². The van der Waals surface area contributed by atoms with Crippen molar-refractivity contribution in [3.05, 3.63) is 39.7 Å². The second-order valence-electron chi connectivity index (χ2n) is 7.70. The number of aromatic nitrogens is 1. The van der Waals surface area contributed by atoms with Crippen molar-refractivity contribution in [3.8, 4) is 0 Å². The van der Waals surface area contributed by atoms with Crippen molar-refractivity contribution in [1.82, 2.24) is 9.88 Å². The zero-order chi connectivity index (χ0) is 18.1. The molecule has 4 rings (SSSR count). The van der Waals surface area contributed by atoms with Gasteiger partial charge in [0, 0.05) is 53.5 Å². The number of hydrogen-bond acceptors (Lipinski definition) is 4. The molecule has 2 fully saturated rings. The molecule has 26 heavy (non-hydrogen) atoms. The van der Waals surface area contributed by atoms with Crippen LogP contribution in [0.1, 0.15) is 37.4 Å². The van der Waals surface area contributed by atoms with Gasteiger partial charge in [-0.1, -0.05) is 6.42 Å². The third-order valence-electron chi connectivity index (χ3n) is 5.97. The van der Waals surface area contributed by atoms with Gasteiger partial charge in [-0.05, 0) is 51.4 Å². The molecule has 0 bridgehead atoms. The number of rotatable bonds is 3. The Morgan fingerprint density at radius 3 is 2.77 bits per heavy atom. The molecule has 1 aromatic carbocycles. The fourth-order valence-corrected chi connectivity index (χ4v) is 4.24. The van der Waals surface area contributed by atoms with Crippen molar-refractivity contribution in [3.63, 3.8) is 0 Å². The van der Waals surface area contributed by atoms with E-state index in [2.05, 4.69) is 33.8 Å². The molecule has 0 saturated carbocycles. The molecule has 2 saturated heterocycles. The molecule has 1 atom stereocenters. The zero-order valence-electron chi connectivity index (χ0n) is 15.9. The second-order valence-corrected chi connectivity index (χ2v) is 7.70. The molecule has 0 spiro atoms. The lowest BCUT2D eigenvalue weighted by molar-refractivity contribution is 0.122. The van der Waals surface area contributed by atoms with E-state index in [0.29, 0.717) is 6.04 Å². The number of fused-ring (bicyclic) bond motifs is 1. The SMILES string of the molecule is Cc1[nH]c2ccc(N3CCOCC3)cc2c(=O)c1CN1CCCCC1C. The van der Waals surface area contributed by atoms with Gasteiger partial charge in [-0.2, -0.15) is 0 Å². The average molecular weight is 355 g/mol. The first-order valence-corrected chi connectivity index (χ1v) is 9.86. The molecule has 0 aliphatic carbocycles. The summed E-state index contributed by atoms with van der Waals surface area (Å²) in [5, 5.41) is 0.805. The lowest BCUT2D eigenvalue weighted by Gasteiger charge is -2.33. The fourth-order valence-electron chi connectivity index (χ4n) is 4.24. The molecule has 1 unspecified atom stereocenters. The van der Waals surface area contributed by atoms with E-state index in [1.165, 1.54) is 19.3 Å². The number of aryl methyl sites for hydroxylation is 1. The summed E-state index contributed by atoms with van der Waals surface area (Å²) in [5.41, 5.74) is 4.15. The molecule has 140 valence electrons. The third-order valence-corrected chi connectivity index (χ3v) is 5.97. The van der Waals surface area contributed by atoms with Crippen LogP contribution in [0.5, 0.6) is 0 Å². The van der Waals surface area contributed by atoms with Gasteiger partial charge in [0.15, 0.2) is 5.43 Å². The number of aromatic amines is 1. The first-order valence-electron chi connectivity index (χ1n) is 9.86. The zero-order valence-corrected chi connectivity index (χ0v) is 15.9. The van der Waals surface area contributed by atoms with Crippen molar-refractivity contribution < 1.29 is 4.74 Å². The standard InChI is InChI=1S/C21H29N3O2/c1-15-5-3-4-8-24(15)14-19-16(2)22-20-7-6-17(13-18(20)21(19)25)23-9-11-26-12-10-23/h6-7,13,15H,3-5,8-12,14H2,1-2H3,(H,22,25). The minimum Gasteiger partial charge on any atom is -0.378 e. The predicted molar refractivity (Wildman–Crippen MR) is 106 cm³/mol. The minimum absolute atomic E-state index is 0.184. The molecule has 2 aliphatic rings.